The summed E-state index contributed by atoms with van der Waals surface area (Å²) in [5.41, 5.74) is -0.645. The van der Waals surface area contributed by atoms with Gasteiger partial charge in [0.1, 0.15) is 29.7 Å². The third-order valence-corrected chi connectivity index (χ3v) is 6.11. The molecule has 6 nitrogen and oxygen atoms in total. The zero-order chi connectivity index (χ0) is 17.7. The Labute approximate surface area is 143 Å². The summed E-state index contributed by atoms with van der Waals surface area (Å²) in [6, 6.07) is 4.39. The lowest BCUT2D eigenvalue weighted by molar-refractivity contribution is -0.130. The highest BCUT2D eigenvalue weighted by atomic mass is 16.6. The molecule has 6 atom stereocenters. The molecule has 1 heterocycles. The minimum absolute atomic E-state index is 0.0150. The van der Waals surface area contributed by atoms with Crippen LogP contribution >= 0.6 is 0 Å². The zero-order valence-corrected chi connectivity index (χ0v) is 13.6. The van der Waals surface area contributed by atoms with Gasteiger partial charge in [-0.2, -0.15) is 0 Å². The number of hydrogen-bond donors (Lipinski definition) is 3. The van der Waals surface area contributed by atoms with Crippen molar-refractivity contribution < 1.29 is 29.6 Å². The van der Waals surface area contributed by atoms with E-state index in [0.29, 0.717) is 18.4 Å². The van der Waals surface area contributed by atoms with Gasteiger partial charge in [-0.1, -0.05) is 19.1 Å². The standard InChI is InChI=1S/C19H18O6/c1-7-5-9-12(11(21)6-7)14-15(22)8-3-2-4-10(20)13(8)17(23)19(14,24)18-16(9)25-18/h2-4,7,14,16-18,20,23-24H,5-6H2,1H3/t7-,14+,16-,17+,18-,19-/m0/s1. The van der Waals surface area contributed by atoms with Crippen molar-refractivity contribution in [1.29, 1.82) is 0 Å². The lowest BCUT2D eigenvalue weighted by Crippen LogP contribution is -2.59. The summed E-state index contributed by atoms with van der Waals surface area (Å²) in [5.74, 6) is -1.82. The summed E-state index contributed by atoms with van der Waals surface area (Å²) in [5, 5.41) is 32.3. The second kappa shape index (κ2) is 4.58. The number of phenols is 1. The van der Waals surface area contributed by atoms with Gasteiger partial charge < -0.3 is 20.1 Å². The van der Waals surface area contributed by atoms with Crippen LogP contribution in [0, 0.1) is 11.8 Å². The quantitative estimate of drug-likeness (QED) is 0.608. The molecule has 0 aromatic heterocycles. The van der Waals surface area contributed by atoms with Gasteiger partial charge in [0.15, 0.2) is 11.6 Å². The summed E-state index contributed by atoms with van der Waals surface area (Å²) >= 11 is 0. The molecule has 1 aromatic rings. The number of aliphatic hydroxyl groups is 2. The van der Waals surface area contributed by atoms with Crippen LogP contribution in [0.1, 0.15) is 41.8 Å². The number of hydrogen-bond acceptors (Lipinski definition) is 6. The number of fused-ring (bicyclic) bond motifs is 6. The van der Waals surface area contributed by atoms with E-state index in [1.165, 1.54) is 18.2 Å². The number of benzene rings is 1. The van der Waals surface area contributed by atoms with E-state index in [0.717, 1.165) is 5.57 Å². The van der Waals surface area contributed by atoms with Crippen molar-refractivity contribution in [3.05, 3.63) is 40.5 Å². The van der Waals surface area contributed by atoms with Crippen LogP contribution < -0.4 is 0 Å². The highest BCUT2D eigenvalue weighted by Gasteiger charge is 2.71. The number of aliphatic hydroxyl groups excluding tert-OH is 1. The van der Waals surface area contributed by atoms with Crippen molar-refractivity contribution in [3.8, 4) is 5.75 Å². The Morgan fingerprint density at radius 3 is 2.76 bits per heavy atom. The van der Waals surface area contributed by atoms with Crippen molar-refractivity contribution in [2.45, 2.75) is 43.7 Å². The first-order valence-electron chi connectivity index (χ1n) is 8.53. The molecule has 0 saturated carbocycles. The van der Waals surface area contributed by atoms with E-state index in [9.17, 15) is 24.9 Å². The number of aromatic hydroxyl groups is 1. The van der Waals surface area contributed by atoms with Gasteiger partial charge in [-0.25, -0.2) is 0 Å². The molecule has 0 spiro atoms. The van der Waals surface area contributed by atoms with E-state index in [-0.39, 0.29) is 28.6 Å². The third-order valence-electron chi connectivity index (χ3n) is 6.11. The number of carbonyl (C=O) groups is 2. The lowest BCUT2D eigenvalue weighted by atomic mass is 9.58. The van der Waals surface area contributed by atoms with Crippen LogP contribution in [0.2, 0.25) is 0 Å². The summed E-state index contributed by atoms with van der Waals surface area (Å²) in [4.78, 5) is 25.9. The van der Waals surface area contributed by atoms with Crippen molar-refractivity contribution in [2.24, 2.45) is 11.8 Å². The smallest absolute Gasteiger partial charge is 0.174 e. The van der Waals surface area contributed by atoms with Gasteiger partial charge in [0.05, 0.1) is 5.92 Å². The first kappa shape index (κ1) is 15.3. The molecule has 4 aliphatic rings. The molecule has 6 heteroatoms. The van der Waals surface area contributed by atoms with Gasteiger partial charge >= 0.3 is 0 Å². The van der Waals surface area contributed by atoms with Gasteiger partial charge in [-0.3, -0.25) is 9.59 Å². The first-order valence-corrected chi connectivity index (χ1v) is 8.53. The van der Waals surface area contributed by atoms with E-state index in [4.69, 9.17) is 4.74 Å². The minimum Gasteiger partial charge on any atom is -0.508 e. The average molecular weight is 342 g/mol. The van der Waals surface area contributed by atoms with Crippen LogP contribution in [0.15, 0.2) is 29.3 Å². The van der Waals surface area contributed by atoms with Crippen molar-refractivity contribution in [2.75, 3.05) is 0 Å². The Kier molecular flexibility index (Phi) is 2.79. The summed E-state index contributed by atoms with van der Waals surface area (Å²) in [6.45, 7) is 1.98. The fraction of sp³-hybridized carbons (Fsp3) is 0.474. The molecule has 3 N–H and O–H groups in total. The molecule has 1 aromatic carbocycles. The van der Waals surface area contributed by atoms with Crippen LogP contribution in [0.25, 0.3) is 0 Å². The molecule has 130 valence electrons. The molecule has 1 fully saturated rings. The summed E-state index contributed by atoms with van der Waals surface area (Å²) in [6.07, 6.45) is -1.69. The molecule has 1 aliphatic heterocycles. The molecule has 1 saturated heterocycles. The number of carbonyl (C=O) groups excluding carboxylic acids is 2. The van der Waals surface area contributed by atoms with E-state index < -0.39 is 35.6 Å². The minimum atomic E-state index is -1.93. The highest BCUT2D eigenvalue weighted by molar-refractivity contribution is 6.11. The topological polar surface area (TPSA) is 107 Å². The maximum Gasteiger partial charge on any atom is 0.174 e. The summed E-state index contributed by atoms with van der Waals surface area (Å²) < 4.78 is 5.64. The van der Waals surface area contributed by atoms with Crippen molar-refractivity contribution in [3.63, 3.8) is 0 Å². The first-order chi connectivity index (χ1) is 11.9. The third kappa shape index (κ3) is 1.69. The van der Waals surface area contributed by atoms with Crippen molar-refractivity contribution >= 4 is 11.6 Å². The number of phenolic OH excluding ortho intramolecular Hbond substituents is 1. The number of ether oxygens (including phenoxy) is 1. The van der Waals surface area contributed by atoms with Gasteiger partial charge in [0.2, 0.25) is 0 Å². The predicted molar refractivity (Wildman–Crippen MR) is 84.9 cm³/mol. The van der Waals surface area contributed by atoms with E-state index in [1.807, 2.05) is 6.92 Å². The molecular formula is C19H18O6. The molecular weight excluding hydrogens is 324 g/mol. The van der Waals surface area contributed by atoms with Crippen LogP contribution in [-0.2, 0) is 9.53 Å². The molecule has 0 bridgehead atoms. The van der Waals surface area contributed by atoms with E-state index in [1.54, 1.807) is 0 Å². The Balaban J connectivity index is 1.77. The molecule has 3 aliphatic carbocycles. The van der Waals surface area contributed by atoms with Crippen LogP contribution in [0.4, 0.5) is 0 Å². The van der Waals surface area contributed by atoms with Gasteiger partial charge in [0, 0.05) is 23.1 Å². The number of ketones is 2. The Morgan fingerprint density at radius 1 is 1.24 bits per heavy atom. The Morgan fingerprint density at radius 2 is 2.00 bits per heavy atom. The second-order valence-electron chi connectivity index (χ2n) is 7.68. The largest absolute Gasteiger partial charge is 0.508 e. The van der Waals surface area contributed by atoms with Gasteiger partial charge in [-0.15, -0.1) is 0 Å². The summed E-state index contributed by atoms with van der Waals surface area (Å²) in [7, 11) is 0. The van der Waals surface area contributed by atoms with E-state index in [2.05, 4.69) is 0 Å². The average Bonchev–Trinajstić information content (AvgIpc) is 3.35. The van der Waals surface area contributed by atoms with Gasteiger partial charge in [0.25, 0.3) is 0 Å². The van der Waals surface area contributed by atoms with Crippen molar-refractivity contribution in [1.82, 2.24) is 0 Å². The zero-order valence-electron chi connectivity index (χ0n) is 13.6. The molecule has 25 heavy (non-hydrogen) atoms. The highest BCUT2D eigenvalue weighted by Crippen LogP contribution is 2.60. The maximum atomic E-state index is 13.2. The fourth-order valence-corrected chi connectivity index (χ4v) is 5.00. The molecule has 5 rings (SSSR count). The number of Topliss-reactive ketones (excluding diaryl/α,β-unsaturated/α-hetero) is 2. The number of epoxide rings is 1. The normalized spacial score (nSPS) is 41.6. The molecule has 0 radical (unpaired) electrons. The second-order valence-corrected chi connectivity index (χ2v) is 7.68. The van der Waals surface area contributed by atoms with Crippen LogP contribution in [0.3, 0.4) is 0 Å². The Hall–Kier alpha value is -2.02. The Bertz CT molecular complexity index is 871. The molecule has 0 unspecified atom stereocenters. The SMILES string of the molecule is C[C@@H]1CC(=O)C2=C(C1)[C@@H]1O[C@@H]1[C@]1(O)[C@H]2C(=O)c2cccc(O)c2[C@H]1O. The number of rotatable bonds is 0. The fourth-order valence-electron chi connectivity index (χ4n) is 5.00. The predicted octanol–water partition coefficient (Wildman–Crippen LogP) is 1.05. The van der Waals surface area contributed by atoms with Crippen LogP contribution in [-0.4, -0.2) is 44.7 Å². The molecule has 0 amide bonds. The maximum absolute atomic E-state index is 13.2. The van der Waals surface area contributed by atoms with Crippen LogP contribution in [0.5, 0.6) is 5.75 Å². The van der Waals surface area contributed by atoms with Gasteiger partial charge in [-0.05, 0) is 24.0 Å². The lowest BCUT2D eigenvalue weighted by Gasteiger charge is -2.46. The monoisotopic (exact) mass is 342 g/mol. The van der Waals surface area contributed by atoms with E-state index >= 15 is 0 Å².